The van der Waals surface area contributed by atoms with E-state index < -0.39 is 0 Å². The molecule has 78 valence electrons. The zero-order valence-electron chi connectivity index (χ0n) is 8.82. The van der Waals surface area contributed by atoms with E-state index in [0.717, 1.165) is 23.7 Å². The van der Waals surface area contributed by atoms with Crippen molar-refractivity contribution in [1.29, 1.82) is 0 Å². The van der Waals surface area contributed by atoms with Crippen molar-refractivity contribution in [2.45, 2.75) is 6.92 Å². The van der Waals surface area contributed by atoms with E-state index in [1.54, 1.807) is 0 Å². The topological polar surface area (TPSA) is 55.0 Å². The van der Waals surface area contributed by atoms with Crippen LogP contribution in [0.1, 0.15) is 5.56 Å². The number of nitrogen functional groups attached to an aromatic ring is 1. The molecule has 0 fully saturated rings. The first-order valence-corrected chi connectivity index (χ1v) is 5.83. The zero-order valence-corrected chi connectivity index (χ0v) is 9.64. The molecule has 0 saturated carbocycles. The smallest absolute Gasteiger partial charge is 0.136 e. The van der Waals surface area contributed by atoms with Gasteiger partial charge in [0.2, 0.25) is 0 Å². The molecule has 5 heteroatoms. The molecule has 0 aliphatic heterocycles. The Balaban J connectivity index is 2.79. The molecular formula is C9H16N4S. The quantitative estimate of drug-likeness (QED) is 0.812. The summed E-state index contributed by atoms with van der Waals surface area (Å²) in [6.07, 6.45) is 3.60. The Hall–Kier alpha value is -0.970. The maximum atomic E-state index is 5.70. The summed E-state index contributed by atoms with van der Waals surface area (Å²) in [5, 5.41) is 0. The second-order valence-corrected chi connectivity index (χ2v) is 4.11. The summed E-state index contributed by atoms with van der Waals surface area (Å²) in [4.78, 5) is 10.3. The fraction of sp³-hybridized carbons (Fsp3) is 0.556. The Morgan fingerprint density at radius 2 is 2.21 bits per heavy atom. The Morgan fingerprint density at radius 1 is 1.50 bits per heavy atom. The fourth-order valence-electron chi connectivity index (χ4n) is 1.17. The predicted molar refractivity (Wildman–Crippen MR) is 62.8 cm³/mol. The minimum absolute atomic E-state index is 0.561. The van der Waals surface area contributed by atoms with Crippen LogP contribution in [0.2, 0.25) is 0 Å². The lowest BCUT2D eigenvalue weighted by Gasteiger charge is -2.19. The van der Waals surface area contributed by atoms with Crippen molar-refractivity contribution in [1.82, 2.24) is 9.97 Å². The normalized spacial score (nSPS) is 10.2. The number of rotatable bonds is 4. The molecule has 14 heavy (non-hydrogen) atoms. The van der Waals surface area contributed by atoms with Crippen molar-refractivity contribution in [2.75, 3.05) is 36.2 Å². The molecule has 0 aliphatic rings. The van der Waals surface area contributed by atoms with E-state index in [1.807, 2.05) is 25.7 Å². The number of nitrogens with two attached hydrogens (primary N) is 1. The standard InChI is InChI=1S/C9H16N4S/c1-7-8(10)11-6-12-9(7)13(2)4-5-14-3/h6H,4-5H2,1-3H3,(H2,10,11,12). The van der Waals surface area contributed by atoms with Crippen molar-refractivity contribution in [3.05, 3.63) is 11.9 Å². The van der Waals surface area contributed by atoms with Crippen molar-refractivity contribution >= 4 is 23.4 Å². The molecule has 1 aromatic rings. The Labute approximate surface area is 88.9 Å². The molecular weight excluding hydrogens is 196 g/mol. The van der Waals surface area contributed by atoms with Gasteiger partial charge >= 0.3 is 0 Å². The van der Waals surface area contributed by atoms with Crippen LogP contribution in [-0.4, -0.2) is 35.6 Å². The van der Waals surface area contributed by atoms with Crippen LogP contribution in [0.5, 0.6) is 0 Å². The van der Waals surface area contributed by atoms with Crippen LogP contribution in [-0.2, 0) is 0 Å². The third kappa shape index (κ3) is 2.51. The van der Waals surface area contributed by atoms with E-state index in [4.69, 9.17) is 5.73 Å². The lowest BCUT2D eigenvalue weighted by atomic mass is 10.3. The molecule has 1 rings (SSSR count). The number of anilines is 2. The van der Waals surface area contributed by atoms with Crippen molar-refractivity contribution in [2.24, 2.45) is 0 Å². The highest BCUT2D eigenvalue weighted by atomic mass is 32.2. The monoisotopic (exact) mass is 212 g/mol. The van der Waals surface area contributed by atoms with Gasteiger partial charge in [0.15, 0.2) is 0 Å². The SMILES string of the molecule is CSCCN(C)c1ncnc(N)c1C. The number of aromatic nitrogens is 2. The minimum atomic E-state index is 0.561. The highest BCUT2D eigenvalue weighted by molar-refractivity contribution is 7.98. The van der Waals surface area contributed by atoms with Gasteiger partial charge in [0.05, 0.1) is 0 Å². The fourth-order valence-corrected chi connectivity index (χ4v) is 1.63. The summed E-state index contributed by atoms with van der Waals surface area (Å²) in [6, 6.07) is 0. The molecule has 2 N–H and O–H groups in total. The van der Waals surface area contributed by atoms with E-state index in [1.165, 1.54) is 6.33 Å². The van der Waals surface area contributed by atoms with E-state index in [2.05, 4.69) is 21.1 Å². The molecule has 0 saturated heterocycles. The van der Waals surface area contributed by atoms with Gasteiger partial charge in [-0.1, -0.05) is 0 Å². The molecule has 1 aromatic heterocycles. The van der Waals surface area contributed by atoms with Crippen LogP contribution in [0.3, 0.4) is 0 Å². The number of hydrogen-bond acceptors (Lipinski definition) is 5. The summed E-state index contributed by atoms with van der Waals surface area (Å²) in [6.45, 7) is 2.92. The first-order valence-electron chi connectivity index (χ1n) is 4.44. The van der Waals surface area contributed by atoms with E-state index in [9.17, 15) is 0 Å². The Bertz CT molecular complexity index is 303. The van der Waals surface area contributed by atoms with Gasteiger partial charge in [0.25, 0.3) is 0 Å². The molecule has 0 aliphatic carbocycles. The van der Waals surface area contributed by atoms with Crippen molar-refractivity contribution < 1.29 is 0 Å². The van der Waals surface area contributed by atoms with Crippen LogP contribution in [0.4, 0.5) is 11.6 Å². The molecule has 1 heterocycles. The maximum Gasteiger partial charge on any atom is 0.136 e. The predicted octanol–water partition coefficient (Wildman–Crippen LogP) is 1.17. The summed E-state index contributed by atoms with van der Waals surface area (Å²) in [5.41, 5.74) is 6.66. The number of thioether (sulfide) groups is 1. The zero-order chi connectivity index (χ0) is 10.6. The van der Waals surface area contributed by atoms with Crippen LogP contribution in [0.15, 0.2) is 6.33 Å². The molecule has 0 spiro atoms. The number of nitrogens with zero attached hydrogens (tertiary/aromatic N) is 3. The van der Waals surface area contributed by atoms with Gasteiger partial charge in [0.1, 0.15) is 18.0 Å². The highest BCUT2D eigenvalue weighted by Crippen LogP contribution is 2.18. The largest absolute Gasteiger partial charge is 0.383 e. The highest BCUT2D eigenvalue weighted by Gasteiger charge is 2.08. The van der Waals surface area contributed by atoms with Crippen LogP contribution in [0.25, 0.3) is 0 Å². The Morgan fingerprint density at radius 3 is 2.86 bits per heavy atom. The third-order valence-corrected chi connectivity index (χ3v) is 2.68. The third-order valence-electron chi connectivity index (χ3n) is 2.09. The van der Waals surface area contributed by atoms with Crippen LogP contribution < -0.4 is 10.6 Å². The van der Waals surface area contributed by atoms with E-state index in [-0.39, 0.29) is 0 Å². The molecule has 0 radical (unpaired) electrons. The summed E-state index contributed by atoms with van der Waals surface area (Å²) in [5.74, 6) is 2.57. The van der Waals surface area contributed by atoms with Gasteiger partial charge in [-0.15, -0.1) is 0 Å². The summed E-state index contributed by atoms with van der Waals surface area (Å²) >= 11 is 1.82. The molecule has 4 nitrogen and oxygen atoms in total. The van der Waals surface area contributed by atoms with Gasteiger partial charge in [-0.05, 0) is 13.2 Å². The van der Waals surface area contributed by atoms with Crippen LogP contribution >= 0.6 is 11.8 Å². The lowest BCUT2D eigenvalue weighted by Crippen LogP contribution is -2.22. The second kappa shape index (κ2) is 5.05. The summed E-state index contributed by atoms with van der Waals surface area (Å²) < 4.78 is 0. The summed E-state index contributed by atoms with van der Waals surface area (Å²) in [7, 11) is 2.02. The van der Waals surface area contributed by atoms with Gasteiger partial charge < -0.3 is 10.6 Å². The van der Waals surface area contributed by atoms with E-state index in [0.29, 0.717) is 5.82 Å². The first-order chi connectivity index (χ1) is 6.66. The molecule has 0 aromatic carbocycles. The van der Waals surface area contributed by atoms with Gasteiger partial charge in [-0.2, -0.15) is 11.8 Å². The van der Waals surface area contributed by atoms with Crippen LogP contribution in [0, 0.1) is 6.92 Å². The molecule has 0 unspecified atom stereocenters. The average molecular weight is 212 g/mol. The van der Waals surface area contributed by atoms with Gasteiger partial charge in [-0.3, -0.25) is 0 Å². The van der Waals surface area contributed by atoms with E-state index >= 15 is 0 Å². The van der Waals surface area contributed by atoms with Crippen molar-refractivity contribution in [3.8, 4) is 0 Å². The molecule has 0 atom stereocenters. The molecule has 0 bridgehead atoms. The first kappa shape index (κ1) is 11.1. The minimum Gasteiger partial charge on any atom is -0.383 e. The second-order valence-electron chi connectivity index (χ2n) is 3.12. The number of hydrogen-bond donors (Lipinski definition) is 1. The Kier molecular flexibility index (Phi) is 4.00. The maximum absolute atomic E-state index is 5.70. The van der Waals surface area contributed by atoms with Gasteiger partial charge in [0, 0.05) is 24.9 Å². The lowest BCUT2D eigenvalue weighted by molar-refractivity contribution is 0.927. The van der Waals surface area contributed by atoms with Gasteiger partial charge in [-0.25, -0.2) is 9.97 Å². The average Bonchev–Trinajstić information content (AvgIpc) is 2.18. The van der Waals surface area contributed by atoms with Crippen molar-refractivity contribution in [3.63, 3.8) is 0 Å². The molecule has 0 amide bonds.